The molecular weight excluding hydrogens is 266 g/mol. The van der Waals surface area contributed by atoms with Gasteiger partial charge in [-0.25, -0.2) is 0 Å². The Morgan fingerprint density at radius 3 is 2.53 bits per heavy atom. The minimum absolute atomic E-state index is 0. The highest BCUT2D eigenvalue weighted by Crippen LogP contribution is 2.12. The molecule has 106 valence electrons. The summed E-state index contributed by atoms with van der Waals surface area (Å²) in [6.45, 7) is 0.627. The molecule has 0 aliphatic heterocycles. The molecule has 1 aromatic carbocycles. The molecule has 1 rings (SSSR count). The highest BCUT2D eigenvalue weighted by atomic mass is 35.5. The predicted molar refractivity (Wildman–Crippen MR) is 78.9 cm³/mol. The molecule has 6 heteroatoms. The van der Waals surface area contributed by atoms with Gasteiger partial charge in [-0.1, -0.05) is 6.07 Å². The summed E-state index contributed by atoms with van der Waals surface area (Å²) in [5.74, 6) is -0.153. The Morgan fingerprint density at radius 1 is 1.26 bits per heavy atom. The van der Waals surface area contributed by atoms with Gasteiger partial charge in [0.05, 0.1) is 0 Å². The Balaban J connectivity index is 0.00000324. The topological polar surface area (TPSA) is 61.4 Å². The van der Waals surface area contributed by atoms with Gasteiger partial charge in [0.15, 0.2) is 0 Å². The van der Waals surface area contributed by atoms with E-state index in [1.54, 1.807) is 45.4 Å². The van der Waals surface area contributed by atoms with E-state index >= 15 is 0 Å². The van der Waals surface area contributed by atoms with Crippen molar-refractivity contribution in [3.8, 4) is 0 Å². The first-order valence-electron chi connectivity index (χ1n) is 5.80. The van der Waals surface area contributed by atoms with Crippen LogP contribution in [-0.4, -0.2) is 44.4 Å². The van der Waals surface area contributed by atoms with E-state index in [2.05, 4.69) is 10.6 Å². The summed E-state index contributed by atoms with van der Waals surface area (Å²) in [5, 5.41) is 5.67. The lowest BCUT2D eigenvalue weighted by Gasteiger charge is -2.11. The fourth-order valence-corrected chi connectivity index (χ4v) is 1.45. The molecule has 0 saturated carbocycles. The third kappa shape index (κ3) is 5.72. The van der Waals surface area contributed by atoms with Gasteiger partial charge in [0, 0.05) is 38.3 Å². The van der Waals surface area contributed by atoms with Crippen molar-refractivity contribution >= 4 is 29.9 Å². The summed E-state index contributed by atoms with van der Waals surface area (Å²) in [7, 11) is 5.19. The lowest BCUT2D eigenvalue weighted by molar-refractivity contribution is -0.116. The molecule has 0 atom stereocenters. The van der Waals surface area contributed by atoms with E-state index in [0.717, 1.165) is 0 Å². The maximum atomic E-state index is 11.8. The van der Waals surface area contributed by atoms with Crippen LogP contribution in [0.5, 0.6) is 0 Å². The van der Waals surface area contributed by atoms with Crippen LogP contribution in [0, 0.1) is 0 Å². The zero-order valence-electron chi connectivity index (χ0n) is 11.4. The molecule has 0 saturated heterocycles. The quantitative estimate of drug-likeness (QED) is 0.859. The smallest absolute Gasteiger partial charge is 0.253 e. The van der Waals surface area contributed by atoms with Crippen molar-refractivity contribution in [3.05, 3.63) is 29.8 Å². The molecule has 2 N–H and O–H groups in total. The number of hydrogen-bond acceptors (Lipinski definition) is 3. The Hall–Kier alpha value is -1.59. The Bertz CT molecular complexity index is 436. The monoisotopic (exact) mass is 285 g/mol. The fourth-order valence-electron chi connectivity index (χ4n) is 1.45. The minimum atomic E-state index is -0.0821. The van der Waals surface area contributed by atoms with Gasteiger partial charge in [0.1, 0.15) is 0 Å². The Kier molecular flexibility index (Phi) is 7.79. The Labute approximate surface area is 119 Å². The SMILES string of the molecule is CNCCC(=O)Nc1cccc(C(=O)N(C)C)c1.Cl. The number of carbonyl (C=O) groups is 2. The molecule has 0 fully saturated rings. The zero-order chi connectivity index (χ0) is 13.5. The average molecular weight is 286 g/mol. The van der Waals surface area contributed by atoms with Gasteiger partial charge < -0.3 is 15.5 Å². The molecule has 2 amide bonds. The van der Waals surface area contributed by atoms with Gasteiger partial charge >= 0.3 is 0 Å². The van der Waals surface area contributed by atoms with E-state index in [1.165, 1.54) is 4.90 Å². The molecule has 1 aromatic rings. The largest absolute Gasteiger partial charge is 0.345 e. The van der Waals surface area contributed by atoms with Crippen LogP contribution in [0.2, 0.25) is 0 Å². The summed E-state index contributed by atoms with van der Waals surface area (Å²) >= 11 is 0. The summed E-state index contributed by atoms with van der Waals surface area (Å²) in [6, 6.07) is 6.93. The number of halogens is 1. The second-order valence-electron chi connectivity index (χ2n) is 4.18. The van der Waals surface area contributed by atoms with E-state index in [-0.39, 0.29) is 24.2 Å². The molecule has 0 spiro atoms. The van der Waals surface area contributed by atoms with Crippen LogP contribution in [0.15, 0.2) is 24.3 Å². The number of anilines is 1. The predicted octanol–water partition coefficient (Wildman–Crippen LogP) is 1.36. The summed E-state index contributed by atoms with van der Waals surface area (Å²) < 4.78 is 0. The number of amides is 2. The van der Waals surface area contributed by atoms with Crippen LogP contribution in [0.25, 0.3) is 0 Å². The summed E-state index contributed by atoms with van der Waals surface area (Å²) in [5.41, 5.74) is 1.20. The average Bonchev–Trinajstić information content (AvgIpc) is 2.35. The highest BCUT2D eigenvalue weighted by Gasteiger charge is 2.09. The molecule has 0 aliphatic carbocycles. The third-order valence-electron chi connectivity index (χ3n) is 2.40. The third-order valence-corrected chi connectivity index (χ3v) is 2.40. The molecule has 0 heterocycles. The van der Waals surface area contributed by atoms with E-state index in [0.29, 0.717) is 24.2 Å². The normalized spacial score (nSPS) is 9.42. The maximum Gasteiger partial charge on any atom is 0.253 e. The van der Waals surface area contributed by atoms with E-state index in [9.17, 15) is 9.59 Å². The molecule has 0 unspecified atom stereocenters. The number of benzene rings is 1. The number of rotatable bonds is 5. The van der Waals surface area contributed by atoms with Crippen molar-refractivity contribution in [1.29, 1.82) is 0 Å². The molecule has 0 bridgehead atoms. The van der Waals surface area contributed by atoms with Crippen LogP contribution >= 0.6 is 12.4 Å². The van der Waals surface area contributed by atoms with Gasteiger partial charge in [-0.05, 0) is 25.2 Å². The Morgan fingerprint density at radius 2 is 1.95 bits per heavy atom. The zero-order valence-corrected chi connectivity index (χ0v) is 12.2. The molecule has 0 aliphatic rings. The molecule has 0 radical (unpaired) electrons. The van der Waals surface area contributed by atoms with Crippen molar-refractivity contribution in [2.45, 2.75) is 6.42 Å². The first kappa shape index (κ1) is 17.4. The highest BCUT2D eigenvalue weighted by molar-refractivity contribution is 5.97. The first-order valence-corrected chi connectivity index (χ1v) is 5.80. The second-order valence-corrected chi connectivity index (χ2v) is 4.18. The lowest BCUT2D eigenvalue weighted by atomic mass is 10.2. The van der Waals surface area contributed by atoms with Gasteiger partial charge in [-0.15, -0.1) is 12.4 Å². The second kappa shape index (κ2) is 8.50. The van der Waals surface area contributed by atoms with Crippen molar-refractivity contribution in [2.75, 3.05) is 33.0 Å². The van der Waals surface area contributed by atoms with E-state index in [4.69, 9.17) is 0 Å². The number of hydrogen-bond donors (Lipinski definition) is 2. The summed E-state index contributed by atoms with van der Waals surface area (Å²) in [6.07, 6.45) is 0.405. The van der Waals surface area contributed by atoms with Gasteiger partial charge in [0.2, 0.25) is 5.91 Å². The minimum Gasteiger partial charge on any atom is -0.345 e. The van der Waals surface area contributed by atoms with Gasteiger partial charge in [0.25, 0.3) is 5.91 Å². The molecule has 5 nitrogen and oxygen atoms in total. The van der Waals surface area contributed by atoms with E-state index < -0.39 is 0 Å². The van der Waals surface area contributed by atoms with Crippen LogP contribution in [-0.2, 0) is 4.79 Å². The molecular formula is C13H20ClN3O2. The van der Waals surface area contributed by atoms with Crippen molar-refractivity contribution in [1.82, 2.24) is 10.2 Å². The lowest BCUT2D eigenvalue weighted by Crippen LogP contribution is -2.22. The van der Waals surface area contributed by atoms with Crippen LogP contribution in [0.1, 0.15) is 16.8 Å². The van der Waals surface area contributed by atoms with Crippen LogP contribution in [0.4, 0.5) is 5.69 Å². The van der Waals surface area contributed by atoms with E-state index in [1.807, 2.05) is 0 Å². The fraction of sp³-hybridized carbons (Fsp3) is 0.385. The summed E-state index contributed by atoms with van der Waals surface area (Å²) in [4.78, 5) is 24.8. The number of carbonyl (C=O) groups excluding carboxylic acids is 2. The van der Waals surface area contributed by atoms with Crippen molar-refractivity contribution < 1.29 is 9.59 Å². The van der Waals surface area contributed by atoms with Crippen LogP contribution < -0.4 is 10.6 Å². The molecule has 0 aromatic heterocycles. The van der Waals surface area contributed by atoms with Crippen molar-refractivity contribution in [3.63, 3.8) is 0 Å². The molecule has 19 heavy (non-hydrogen) atoms. The number of nitrogens with zero attached hydrogens (tertiary/aromatic N) is 1. The van der Waals surface area contributed by atoms with Crippen molar-refractivity contribution in [2.24, 2.45) is 0 Å². The number of nitrogens with one attached hydrogen (secondary N) is 2. The standard InChI is InChI=1S/C13H19N3O2.ClH/c1-14-8-7-12(17)15-11-6-4-5-10(9-11)13(18)16(2)3;/h4-6,9,14H,7-8H2,1-3H3,(H,15,17);1H. The van der Waals surface area contributed by atoms with Gasteiger partial charge in [-0.3, -0.25) is 9.59 Å². The first-order chi connectivity index (χ1) is 8.54. The van der Waals surface area contributed by atoms with Gasteiger partial charge in [-0.2, -0.15) is 0 Å². The van der Waals surface area contributed by atoms with Crippen LogP contribution in [0.3, 0.4) is 0 Å². The maximum absolute atomic E-state index is 11.8.